The Hall–Kier alpha value is -4.03. The number of rotatable bonds is 5. The number of hydrogen-bond acceptors (Lipinski definition) is 5. The average molecular weight is 461 g/mol. The van der Waals surface area contributed by atoms with E-state index < -0.39 is 0 Å². The molecule has 35 heavy (non-hydrogen) atoms. The van der Waals surface area contributed by atoms with Crippen LogP contribution in [-0.4, -0.2) is 51.2 Å². The van der Waals surface area contributed by atoms with Crippen molar-refractivity contribution >= 4 is 16.6 Å². The fourth-order valence-electron chi connectivity index (χ4n) is 4.89. The highest BCUT2D eigenvalue weighted by Crippen LogP contribution is 2.35. The lowest BCUT2D eigenvalue weighted by Crippen LogP contribution is -2.46. The van der Waals surface area contributed by atoms with E-state index in [-0.39, 0.29) is 0 Å². The van der Waals surface area contributed by atoms with Crippen LogP contribution in [0.2, 0.25) is 0 Å². The molecule has 6 nitrogen and oxygen atoms in total. The van der Waals surface area contributed by atoms with E-state index in [4.69, 9.17) is 4.98 Å². The van der Waals surface area contributed by atoms with E-state index in [0.717, 1.165) is 71.7 Å². The Morgan fingerprint density at radius 2 is 1.71 bits per heavy atom. The maximum atomic E-state index is 4.99. The van der Waals surface area contributed by atoms with Gasteiger partial charge in [-0.3, -0.25) is 20.0 Å². The highest BCUT2D eigenvalue weighted by Gasteiger charge is 2.20. The molecule has 1 saturated heterocycles. The van der Waals surface area contributed by atoms with E-state index in [1.165, 1.54) is 11.3 Å². The van der Waals surface area contributed by atoms with Crippen molar-refractivity contribution in [1.82, 2.24) is 25.1 Å². The molecule has 1 N–H and O–H groups in total. The Kier molecular flexibility index (Phi) is 5.72. The van der Waals surface area contributed by atoms with E-state index in [1.54, 1.807) is 0 Å². The van der Waals surface area contributed by atoms with Crippen LogP contribution in [0, 0.1) is 6.92 Å². The van der Waals surface area contributed by atoms with E-state index in [1.807, 2.05) is 30.7 Å². The summed E-state index contributed by atoms with van der Waals surface area (Å²) in [5.41, 5.74) is 8.94. The molecule has 1 aliphatic rings. The van der Waals surface area contributed by atoms with Crippen LogP contribution in [0.5, 0.6) is 0 Å². The van der Waals surface area contributed by atoms with Crippen molar-refractivity contribution in [1.29, 1.82) is 0 Å². The summed E-state index contributed by atoms with van der Waals surface area (Å²) >= 11 is 0. The Bertz CT molecular complexity index is 1440. The second kappa shape index (κ2) is 9.31. The van der Waals surface area contributed by atoms with Crippen LogP contribution in [0.3, 0.4) is 0 Å². The third kappa shape index (κ3) is 4.40. The van der Waals surface area contributed by atoms with Crippen LogP contribution < -0.4 is 4.90 Å². The molecule has 0 amide bonds. The molecule has 1 fully saturated rings. The Labute approximate surface area is 205 Å². The first-order valence-electron chi connectivity index (χ1n) is 12.1. The van der Waals surface area contributed by atoms with Gasteiger partial charge in [-0.25, -0.2) is 0 Å². The van der Waals surface area contributed by atoms with Crippen molar-refractivity contribution in [3.8, 4) is 22.4 Å². The van der Waals surface area contributed by atoms with Gasteiger partial charge in [-0.05, 0) is 42.3 Å². The summed E-state index contributed by atoms with van der Waals surface area (Å²) in [5.74, 6) is 0. The Balaban J connectivity index is 1.31. The molecule has 6 rings (SSSR count). The third-order valence-electron chi connectivity index (χ3n) is 6.84. The number of piperazine rings is 1. The smallest absolute Gasteiger partial charge is 0.0924 e. The van der Waals surface area contributed by atoms with E-state index in [0.29, 0.717) is 0 Å². The van der Waals surface area contributed by atoms with Gasteiger partial charge in [0.05, 0.1) is 23.1 Å². The highest BCUT2D eigenvalue weighted by molar-refractivity contribution is 5.90. The normalized spacial score (nSPS) is 14.5. The largest absolute Gasteiger partial charge is 0.368 e. The van der Waals surface area contributed by atoms with Crippen LogP contribution in [-0.2, 0) is 6.54 Å². The summed E-state index contributed by atoms with van der Waals surface area (Å²) in [7, 11) is 0. The minimum atomic E-state index is 0.947. The summed E-state index contributed by atoms with van der Waals surface area (Å²) in [6.45, 7) is 7.01. The van der Waals surface area contributed by atoms with Crippen LogP contribution in [0.15, 0.2) is 85.3 Å². The van der Waals surface area contributed by atoms with Gasteiger partial charge < -0.3 is 4.90 Å². The van der Waals surface area contributed by atoms with Crippen molar-refractivity contribution in [2.45, 2.75) is 13.5 Å². The van der Waals surface area contributed by atoms with Gasteiger partial charge in [0.25, 0.3) is 0 Å². The zero-order valence-corrected chi connectivity index (χ0v) is 19.9. The molecule has 0 unspecified atom stereocenters. The number of nitrogens with one attached hydrogen (secondary N) is 1. The number of pyridine rings is 2. The molecule has 174 valence electrons. The van der Waals surface area contributed by atoms with Gasteiger partial charge in [-0.1, -0.05) is 42.5 Å². The topological polar surface area (TPSA) is 60.9 Å². The lowest BCUT2D eigenvalue weighted by molar-refractivity contribution is 0.249. The predicted molar refractivity (Wildman–Crippen MR) is 141 cm³/mol. The summed E-state index contributed by atoms with van der Waals surface area (Å²) in [4.78, 5) is 14.2. The SMILES string of the molecule is Cc1[nH]nc2ccc(-c3cc(N4CCN(Cc5cccnc5)CC4)cnc3-c3ccccc3)cc12. The average Bonchev–Trinajstić information content (AvgIpc) is 3.30. The second-order valence-electron chi connectivity index (χ2n) is 9.16. The number of fused-ring (bicyclic) bond motifs is 1. The third-order valence-corrected chi connectivity index (χ3v) is 6.84. The number of anilines is 1. The van der Waals surface area contributed by atoms with Crippen molar-refractivity contribution in [2.24, 2.45) is 0 Å². The number of hydrogen-bond donors (Lipinski definition) is 1. The van der Waals surface area contributed by atoms with Crippen molar-refractivity contribution in [3.63, 3.8) is 0 Å². The Morgan fingerprint density at radius 1 is 0.857 bits per heavy atom. The van der Waals surface area contributed by atoms with Crippen molar-refractivity contribution < 1.29 is 0 Å². The standard InChI is InChI=1S/C29H28N6/c1-21-26-16-24(9-10-28(26)33-32-21)27-17-25(19-31-29(27)23-7-3-2-4-8-23)35-14-12-34(13-15-35)20-22-6-5-11-30-18-22/h2-11,16-19H,12-15,20H2,1H3,(H,32,33). The van der Waals surface area contributed by atoms with Crippen LogP contribution in [0.1, 0.15) is 11.3 Å². The number of aromatic amines is 1. The highest BCUT2D eigenvalue weighted by atomic mass is 15.3. The zero-order valence-electron chi connectivity index (χ0n) is 19.9. The molecule has 0 atom stereocenters. The van der Waals surface area contributed by atoms with Crippen LogP contribution in [0.4, 0.5) is 5.69 Å². The van der Waals surface area contributed by atoms with Crippen molar-refractivity contribution in [2.75, 3.05) is 31.1 Å². The van der Waals surface area contributed by atoms with Gasteiger partial charge in [0, 0.05) is 67.3 Å². The number of benzene rings is 2. The predicted octanol–water partition coefficient (Wildman–Crippen LogP) is 5.32. The first kappa shape index (κ1) is 21.5. The molecule has 0 spiro atoms. The van der Waals surface area contributed by atoms with Crippen molar-refractivity contribution in [3.05, 3.63) is 96.6 Å². The minimum absolute atomic E-state index is 0.947. The van der Waals surface area contributed by atoms with E-state index in [2.05, 4.69) is 86.5 Å². The number of H-pyrrole nitrogens is 1. The molecule has 0 radical (unpaired) electrons. The van der Waals surface area contributed by atoms with Gasteiger partial charge in [0.2, 0.25) is 0 Å². The first-order chi connectivity index (χ1) is 17.2. The zero-order chi connectivity index (χ0) is 23.6. The summed E-state index contributed by atoms with van der Waals surface area (Å²) in [6.07, 6.45) is 5.82. The number of nitrogens with zero attached hydrogens (tertiary/aromatic N) is 5. The molecular formula is C29H28N6. The minimum Gasteiger partial charge on any atom is -0.368 e. The molecule has 1 aliphatic heterocycles. The van der Waals surface area contributed by atoms with Crippen LogP contribution >= 0.6 is 0 Å². The fraction of sp³-hybridized carbons (Fsp3) is 0.207. The molecular weight excluding hydrogens is 432 g/mol. The lowest BCUT2D eigenvalue weighted by Gasteiger charge is -2.36. The summed E-state index contributed by atoms with van der Waals surface area (Å²) in [5, 5.41) is 8.66. The van der Waals surface area contributed by atoms with Gasteiger partial charge in [-0.15, -0.1) is 0 Å². The van der Waals surface area contributed by atoms with Gasteiger partial charge >= 0.3 is 0 Å². The molecule has 3 aromatic heterocycles. The lowest BCUT2D eigenvalue weighted by atomic mass is 9.97. The van der Waals surface area contributed by atoms with E-state index >= 15 is 0 Å². The molecule has 0 bridgehead atoms. The quantitative estimate of drug-likeness (QED) is 0.385. The van der Waals surface area contributed by atoms with Gasteiger partial charge in [0.15, 0.2) is 0 Å². The van der Waals surface area contributed by atoms with Gasteiger partial charge in [0.1, 0.15) is 0 Å². The number of aromatic nitrogens is 4. The second-order valence-corrected chi connectivity index (χ2v) is 9.16. The summed E-state index contributed by atoms with van der Waals surface area (Å²) < 4.78 is 0. The molecule has 4 heterocycles. The van der Waals surface area contributed by atoms with E-state index in [9.17, 15) is 0 Å². The summed E-state index contributed by atoms with van der Waals surface area (Å²) in [6, 6.07) is 23.4. The Morgan fingerprint density at radius 3 is 2.51 bits per heavy atom. The molecule has 6 heteroatoms. The molecule has 0 saturated carbocycles. The fourth-order valence-corrected chi connectivity index (χ4v) is 4.89. The molecule has 2 aromatic carbocycles. The monoisotopic (exact) mass is 460 g/mol. The number of aryl methyl sites for hydroxylation is 1. The first-order valence-corrected chi connectivity index (χ1v) is 12.1. The molecule has 5 aromatic rings. The maximum absolute atomic E-state index is 4.99. The maximum Gasteiger partial charge on any atom is 0.0924 e. The van der Waals surface area contributed by atoms with Crippen LogP contribution in [0.25, 0.3) is 33.3 Å². The van der Waals surface area contributed by atoms with Gasteiger partial charge in [-0.2, -0.15) is 5.10 Å². The molecule has 0 aliphatic carbocycles.